The number of hydrogen-bond donors (Lipinski definition) is 6. The molecule has 8 nitrogen and oxygen atoms in total. The van der Waals surface area contributed by atoms with Crippen molar-refractivity contribution in [3.05, 3.63) is 57.6 Å². The molecule has 0 saturated carbocycles. The first-order valence-corrected chi connectivity index (χ1v) is 18.5. The summed E-state index contributed by atoms with van der Waals surface area (Å²) < 4.78 is 22.5. The van der Waals surface area contributed by atoms with Crippen LogP contribution in [0.3, 0.4) is 0 Å². The van der Waals surface area contributed by atoms with Crippen LogP contribution < -0.4 is 0 Å². The maximum atomic E-state index is 11.2. The van der Waals surface area contributed by atoms with E-state index in [0.717, 1.165) is 5.39 Å². The van der Waals surface area contributed by atoms with Crippen molar-refractivity contribution in [1.29, 1.82) is 0 Å². The molecule has 0 radical (unpaired) electrons. The number of phenolic OH excluding ortho intramolecular Hbond substituents is 2. The molecule has 0 bridgehead atoms. The molecule has 0 amide bonds. The van der Waals surface area contributed by atoms with Crippen LogP contribution in [0, 0.1) is 0 Å². The van der Waals surface area contributed by atoms with Gasteiger partial charge in [0.25, 0.3) is 0 Å². The summed E-state index contributed by atoms with van der Waals surface area (Å²) in [6.45, 7) is 25.6. The Kier molecular flexibility index (Phi) is 14.5. The average Bonchev–Trinajstić information content (AvgIpc) is 2.72. The van der Waals surface area contributed by atoms with Crippen molar-refractivity contribution in [1.82, 2.24) is 0 Å². The first kappa shape index (κ1) is 41.8. The fourth-order valence-corrected chi connectivity index (χ4v) is 5.65. The fraction of sp³-hybridized carbons (Fsp3) is 0.625. The minimum absolute atomic E-state index is 0.222. The summed E-state index contributed by atoms with van der Waals surface area (Å²) in [4.78, 5) is 36.7. The van der Waals surface area contributed by atoms with Crippen molar-refractivity contribution in [3.8, 4) is 11.5 Å². The van der Waals surface area contributed by atoms with Crippen molar-refractivity contribution in [2.75, 3.05) is 0 Å². The van der Waals surface area contributed by atoms with Gasteiger partial charge in [-0.3, -0.25) is 9.13 Å². The van der Waals surface area contributed by atoms with E-state index in [2.05, 4.69) is 15.5 Å². The molecule has 251 valence electrons. The number of benzene rings is 2. The Balaban J connectivity index is 0.000000751. The van der Waals surface area contributed by atoms with Crippen LogP contribution in [0.1, 0.15) is 123 Å². The standard InChI is InChI=1S/2C15H25O4P.C2H5.Ni/c2*1-14(2,3)11-7-10(9-20(17,18)19)8-12(13(11)16)15(4,5)6;1-2;/h2*7-8,16H,9H2,1-6H3,(H2,17,18,19);1H2,2H3;. The monoisotopic (exact) mass is 687 g/mol. The van der Waals surface area contributed by atoms with Crippen LogP contribution in [0.25, 0.3) is 0 Å². The summed E-state index contributed by atoms with van der Waals surface area (Å²) in [5.41, 5.74) is 2.80. The van der Waals surface area contributed by atoms with Crippen molar-refractivity contribution in [2.24, 2.45) is 0 Å². The third-order valence-corrected chi connectivity index (χ3v) is 7.90. The second kappa shape index (κ2) is 14.9. The van der Waals surface area contributed by atoms with E-state index < -0.39 is 15.2 Å². The molecule has 11 heteroatoms. The molecular formula is C32H55NiO8P2. The third-order valence-electron chi connectivity index (χ3n) is 6.35. The number of aromatic hydroxyl groups is 2. The molecule has 0 aliphatic carbocycles. The molecule has 2 aromatic carbocycles. The van der Waals surface area contributed by atoms with E-state index in [9.17, 15) is 38.9 Å². The molecule has 0 atom stereocenters. The molecule has 2 rings (SSSR count). The van der Waals surface area contributed by atoms with Gasteiger partial charge in [0.05, 0.1) is 12.3 Å². The Morgan fingerprint density at radius 1 is 0.535 bits per heavy atom. The Bertz CT molecular complexity index is 1140. The molecule has 0 saturated heterocycles. The molecule has 0 aliphatic rings. The molecular weight excluding hydrogens is 633 g/mol. The normalized spacial score (nSPS) is 13.1. The predicted molar refractivity (Wildman–Crippen MR) is 173 cm³/mol. The Hall–Kier alpha value is -1.17. The van der Waals surface area contributed by atoms with E-state index in [1.165, 1.54) is 0 Å². The van der Waals surface area contributed by atoms with Gasteiger partial charge in [0.15, 0.2) is 0 Å². The van der Waals surface area contributed by atoms with Crippen LogP contribution >= 0.6 is 15.2 Å². The van der Waals surface area contributed by atoms with Crippen molar-refractivity contribution in [2.45, 2.75) is 129 Å². The van der Waals surface area contributed by atoms with E-state index >= 15 is 0 Å². The fourth-order valence-electron chi connectivity index (χ4n) is 4.33. The number of phenols is 2. The van der Waals surface area contributed by atoms with Crippen molar-refractivity contribution < 1.29 is 54.4 Å². The van der Waals surface area contributed by atoms with Gasteiger partial charge < -0.3 is 29.8 Å². The quantitative estimate of drug-likeness (QED) is 0.138. The Morgan fingerprint density at radius 2 is 0.698 bits per heavy atom. The summed E-state index contributed by atoms with van der Waals surface area (Å²) in [5, 5.41) is 21.9. The average molecular weight is 688 g/mol. The van der Waals surface area contributed by atoms with E-state index in [0.29, 0.717) is 33.4 Å². The van der Waals surface area contributed by atoms with E-state index in [4.69, 9.17) is 0 Å². The summed E-state index contributed by atoms with van der Waals surface area (Å²) in [5.74, 6) is 0.443. The molecule has 0 aromatic heterocycles. The first-order chi connectivity index (χ1) is 18.8. The molecule has 6 N–H and O–H groups in total. The van der Waals surface area contributed by atoms with Crippen molar-refractivity contribution >= 4 is 15.2 Å². The van der Waals surface area contributed by atoms with Gasteiger partial charge in [0, 0.05) is 0 Å². The van der Waals surface area contributed by atoms with Crippen LogP contribution in [0.4, 0.5) is 0 Å². The zero-order chi connectivity index (χ0) is 34.6. The van der Waals surface area contributed by atoms with Crippen LogP contribution in [0.15, 0.2) is 24.3 Å². The van der Waals surface area contributed by atoms with E-state index in [1.54, 1.807) is 24.3 Å². The van der Waals surface area contributed by atoms with Gasteiger partial charge in [-0.15, -0.1) is 0 Å². The van der Waals surface area contributed by atoms with E-state index in [1.807, 2.05) is 90.0 Å². The van der Waals surface area contributed by atoms with Crippen LogP contribution in [-0.2, 0) is 58.6 Å². The van der Waals surface area contributed by atoms with Crippen LogP contribution in [0.2, 0.25) is 5.39 Å². The number of rotatable bonds is 4. The summed E-state index contributed by atoms with van der Waals surface area (Å²) >= 11 is 4.17. The second-order valence-corrected chi connectivity index (χ2v) is 18.9. The zero-order valence-corrected chi connectivity index (χ0v) is 30.9. The third kappa shape index (κ3) is 14.6. The van der Waals surface area contributed by atoms with Gasteiger partial charge in [0.1, 0.15) is 11.5 Å². The summed E-state index contributed by atoms with van der Waals surface area (Å²) in [6.07, 6.45) is -0.612. The van der Waals surface area contributed by atoms with Gasteiger partial charge in [0.2, 0.25) is 0 Å². The molecule has 43 heavy (non-hydrogen) atoms. The molecule has 0 aliphatic heterocycles. The van der Waals surface area contributed by atoms with Gasteiger partial charge >= 0.3 is 43.0 Å². The molecule has 0 fully saturated rings. The molecule has 2 aromatic rings. The van der Waals surface area contributed by atoms with Gasteiger partial charge in [-0.1, -0.05) is 107 Å². The Labute approximate surface area is 267 Å². The topological polar surface area (TPSA) is 156 Å². The van der Waals surface area contributed by atoms with Crippen LogP contribution in [-0.4, -0.2) is 29.8 Å². The Morgan fingerprint density at radius 3 is 0.814 bits per heavy atom. The predicted octanol–water partition coefficient (Wildman–Crippen LogP) is 8.30. The minimum atomic E-state index is -4.13. The molecule has 0 heterocycles. The first-order valence-electron chi connectivity index (χ1n) is 14.2. The number of hydrogen-bond acceptors (Lipinski definition) is 4. The summed E-state index contributed by atoms with van der Waals surface area (Å²) in [7, 11) is -8.26. The SMILES string of the molecule is CC(C)(C)c1cc(CP(=O)(O)O)cc(C(C)(C)C)c1O.CC(C)(C)c1cc(CP(=O)(O)O)cc(C(C)(C)C)c1O.C[CH2][Ni]. The van der Waals surface area contributed by atoms with E-state index in [-0.39, 0.29) is 45.5 Å². The summed E-state index contributed by atoms with van der Waals surface area (Å²) in [6, 6.07) is 6.79. The van der Waals surface area contributed by atoms with Crippen LogP contribution in [0.5, 0.6) is 11.5 Å². The molecule has 0 spiro atoms. The zero-order valence-electron chi connectivity index (χ0n) is 28.1. The molecule has 0 unspecified atom stereocenters. The second-order valence-electron chi connectivity index (χ2n) is 14.9. The van der Waals surface area contributed by atoms with Gasteiger partial charge in [-0.25, -0.2) is 0 Å². The van der Waals surface area contributed by atoms with Gasteiger partial charge in [-0.2, -0.15) is 0 Å². The maximum absolute atomic E-state index is 11.2. The van der Waals surface area contributed by atoms with Crippen molar-refractivity contribution in [3.63, 3.8) is 0 Å². The van der Waals surface area contributed by atoms with Gasteiger partial charge in [-0.05, 0) is 55.0 Å².